The summed E-state index contributed by atoms with van der Waals surface area (Å²) < 4.78 is 42.6. The van der Waals surface area contributed by atoms with Crippen molar-refractivity contribution in [2.24, 2.45) is 0 Å². The van der Waals surface area contributed by atoms with Crippen LogP contribution in [0.4, 0.5) is 19.1 Å². The van der Waals surface area contributed by atoms with Crippen molar-refractivity contribution in [3.05, 3.63) is 53.9 Å². The van der Waals surface area contributed by atoms with E-state index in [0.717, 1.165) is 24.3 Å². The summed E-state index contributed by atoms with van der Waals surface area (Å²) in [5, 5.41) is 2.24. The zero-order chi connectivity index (χ0) is 23.1. The molecule has 3 rings (SSSR count). The molecule has 1 aliphatic heterocycles. The van der Waals surface area contributed by atoms with E-state index >= 15 is 0 Å². The number of esters is 1. The van der Waals surface area contributed by atoms with E-state index in [2.05, 4.69) is 15.3 Å². The zero-order valence-electron chi connectivity index (χ0n) is 16.8. The molecule has 9 nitrogen and oxygen atoms in total. The largest absolute Gasteiger partial charge is 0.454 e. The fourth-order valence-electron chi connectivity index (χ4n) is 2.96. The number of anilines is 1. The number of hydrogen-bond acceptors (Lipinski definition) is 7. The van der Waals surface area contributed by atoms with Crippen LogP contribution in [0.5, 0.6) is 0 Å². The van der Waals surface area contributed by atoms with E-state index in [1.165, 1.54) is 0 Å². The van der Waals surface area contributed by atoms with E-state index in [4.69, 9.17) is 4.74 Å². The first-order valence-corrected chi connectivity index (χ1v) is 9.65. The van der Waals surface area contributed by atoms with Gasteiger partial charge in [0.1, 0.15) is 6.54 Å². The van der Waals surface area contributed by atoms with Crippen LogP contribution >= 0.6 is 0 Å². The van der Waals surface area contributed by atoms with Gasteiger partial charge in [-0.2, -0.15) is 13.2 Å². The summed E-state index contributed by atoms with van der Waals surface area (Å²) in [6, 6.07) is 5.27. The second-order valence-electron chi connectivity index (χ2n) is 6.84. The van der Waals surface area contributed by atoms with Gasteiger partial charge in [0.05, 0.1) is 5.56 Å². The summed E-state index contributed by atoms with van der Waals surface area (Å²) in [5.74, 6) is -1.37. The lowest BCUT2D eigenvalue weighted by Gasteiger charge is -2.34. The number of alkyl halides is 3. The van der Waals surface area contributed by atoms with Gasteiger partial charge in [-0.05, 0) is 30.3 Å². The Morgan fingerprint density at radius 1 is 1.00 bits per heavy atom. The van der Waals surface area contributed by atoms with Crippen molar-refractivity contribution in [1.29, 1.82) is 0 Å². The second-order valence-corrected chi connectivity index (χ2v) is 6.84. The van der Waals surface area contributed by atoms with Crippen LogP contribution in [0.1, 0.15) is 15.9 Å². The molecule has 0 bridgehead atoms. The number of hydrogen-bond donors (Lipinski definition) is 1. The minimum atomic E-state index is -4.51. The number of rotatable bonds is 6. The van der Waals surface area contributed by atoms with Crippen LogP contribution in [0.15, 0.2) is 42.7 Å². The molecule has 0 aliphatic carbocycles. The lowest BCUT2D eigenvalue weighted by molar-refractivity contribution is -0.151. The molecule has 2 heterocycles. The fraction of sp³-hybridized carbons (Fsp3) is 0.350. The summed E-state index contributed by atoms with van der Waals surface area (Å²) in [6.07, 6.45) is -1.24. The average Bonchev–Trinajstić information content (AvgIpc) is 2.81. The Hall–Kier alpha value is -3.70. The first-order chi connectivity index (χ1) is 15.2. The van der Waals surface area contributed by atoms with Gasteiger partial charge in [0.15, 0.2) is 6.61 Å². The molecule has 12 heteroatoms. The van der Waals surface area contributed by atoms with Crippen LogP contribution in [0.3, 0.4) is 0 Å². The quantitative estimate of drug-likeness (QED) is 0.657. The molecule has 0 radical (unpaired) electrons. The predicted octanol–water partition coefficient (Wildman–Crippen LogP) is 1.12. The normalized spacial score (nSPS) is 14.1. The molecule has 1 N–H and O–H groups in total. The Labute approximate surface area is 181 Å². The Morgan fingerprint density at radius 2 is 1.62 bits per heavy atom. The zero-order valence-corrected chi connectivity index (χ0v) is 16.8. The summed E-state index contributed by atoms with van der Waals surface area (Å²) >= 11 is 0. The molecule has 0 atom stereocenters. The van der Waals surface area contributed by atoms with Gasteiger partial charge in [-0.15, -0.1) is 0 Å². The molecule has 2 aromatic rings. The molecular formula is C20H20F3N5O4. The van der Waals surface area contributed by atoms with Crippen LogP contribution in [0, 0.1) is 0 Å². The van der Waals surface area contributed by atoms with Gasteiger partial charge in [-0.1, -0.05) is 0 Å². The molecule has 1 aliphatic rings. The molecule has 1 fully saturated rings. The van der Waals surface area contributed by atoms with Crippen LogP contribution in [0.2, 0.25) is 0 Å². The minimum absolute atomic E-state index is 0.0397. The number of nitrogens with zero attached hydrogens (tertiary/aromatic N) is 4. The van der Waals surface area contributed by atoms with Crippen molar-refractivity contribution >= 4 is 23.7 Å². The number of aromatic nitrogens is 2. The van der Waals surface area contributed by atoms with Gasteiger partial charge in [0, 0.05) is 44.1 Å². The maximum atomic E-state index is 12.6. The average molecular weight is 451 g/mol. The van der Waals surface area contributed by atoms with Gasteiger partial charge < -0.3 is 19.9 Å². The summed E-state index contributed by atoms with van der Waals surface area (Å²) in [5.41, 5.74) is -0.925. The van der Waals surface area contributed by atoms with E-state index in [1.54, 1.807) is 23.4 Å². The predicted molar refractivity (Wildman–Crippen MR) is 106 cm³/mol. The number of ether oxygens (including phenoxy) is 1. The van der Waals surface area contributed by atoms with E-state index in [0.29, 0.717) is 32.1 Å². The molecule has 0 spiro atoms. The number of nitrogens with one attached hydrogen (secondary N) is 1. The third-order valence-corrected chi connectivity index (χ3v) is 4.69. The highest BCUT2D eigenvalue weighted by molar-refractivity contribution is 5.96. The van der Waals surface area contributed by atoms with Crippen molar-refractivity contribution in [3.8, 4) is 0 Å². The monoisotopic (exact) mass is 451 g/mol. The first kappa shape index (κ1) is 23.0. The number of halogens is 3. The third kappa shape index (κ3) is 6.15. The van der Waals surface area contributed by atoms with Crippen molar-refractivity contribution in [3.63, 3.8) is 0 Å². The first-order valence-electron chi connectivity index (χ1n) is 9.65. The van der Waals surface area contributed by atoms with Gasteiger partial charge in [-0.3, -0.25) is 14.4 Å². The van der Waals surface area contributed by atoms with E-state index < -0.39 is 36.8 Å². The number of carbonyl (C=O) groups is 3. The Balaban J connectivity index is 1.37. The Bertz CT molecular complexity index is 946. The molecule has 1 aromatic carbocycles. The van der Waals surface area contributed by atoms with Crippen LogP contribution in [-0.4, -0.2) is 72.0 Å². The topological polar surface area (TPSA) is 105 Å². The van der Waals surface area contributed by atoms with Crippen molar-refractivity contribution in [1.82, 2.24) is 20.2 Å². The van der Waals surface area contributed by atoms with Crippen molar-refractivity contribution in [2.75, 3.05) is 44.2 Å². The van der Waals surface area contributed by atoms with Gasteiger partial charge in [-0.25, -0.2) is 9.97 Å². The smallest absolute Gasteiger partial charge is 0.416 e. The van der Waals surface area contributed by atoms with E-state index in [-0.39, 0.29) is 11.5 Å². The molecule has 32 heavy (non-hydrogen) atoms. The minimum Gasteiger partial charge on any atom is -0.454 e. The Kier molecular flexibility index (Phi) is 7.23. The van der Waals surface area contributed by atoms with Gasteiger partial charge in [0.2, 0.25) is 5.95 Å². The number of carbonyl (C=O) groups excluding carboxylic acids is 3. The molecular weight excluding hydrogens is 431 g/mol. The SMILES string of the molecule is O=C(CNC(=O)c1ccc(C(F)(F)F)cc1)OCC(=O)N1CCN(c2ncccn2)CC1. The van der Waals surface area contributed by atoms with Crippen molar-refractivity contribution in [2.45, 2.75) is 6.18 Å². The number of amides is 2. The standard InChI is InChI=1S/C20H20F3N5O4/c21-20(22,23)15-4-2-14(3-5-15)18(31)26-12-17(30)32-13-16(29)27-8-10-28(11-9-27)19-24-6-1-7-25-19/h1-7H,8-13H2,(H,26,31). The van der Waals surface area contributed by atoms with E-state index in [1.807, 2.05) is 4.90 Å². The lowest BCUT2D eigenvalue weighted by atomic mass is 10.1. The number of piperazine rings is 1. The van der Waals surface area contributed by atoms with Gasteiger partial charge in [0.25, 0.3) is 11.8 Å². The highest BCUT2D eigenvalue weighted by Crippen LogP contribution is 2.29. The van der Waals surface area contributed by atoms with Crippen LogP contribution < -0.4 is 10.2 Å². The molecule has 1 aromatic heterocycles. The highest BCUT2D eigenvalue weighted by Gasteiger charge is 2.30. The van der Waals surface area contributed by atoms with Crippen LogP contribution in [0.25, 0.3) is 0 Å². The molecule has 1 saturated heterocycles. The molecule has 0 saturated carbocycles. The maximum Gasteiger partial charge on any atom is 0.416 e. The van der Waals surface area contributed by atoms with Crippen molar-refractivity contribution < 1.29 is 32.3 Å². The number of benzene rings is 1. The summed E-state index contributed by atoms with van der Waals surface area (Å²) in [6.45, 7) is 0.904. The summed E-state index contributed by atoms with van der Waals surface area (Å²) in [7, 11) is 0. The fourth-order valence-corrected chi connectivity index (χ4v) is 2.96. The summed E-state index contributed by atoms with van der Waals surface area (Å²) in [4.78, 5) is 47.8. The molecule has 170 valence electrons. The molecule has 2 amide bonds. The lowest BCUT2D eigenvalue weighted by Crippen LogP contribution is -2.50. The van der Waals surface area contributed by atoms with E-state index in [9.17, 15) is 27.6 Å². The van der Waals surface area contributed by atoms with Crippen LogP contribution in [-0.2, 0) is 20.5 Å². The maximum absolute atomic E-state index is 12.6. The molecule has 0 unspecified atom stereocenters. The third-order valence-electron chi connectivity index (χ3n) is 4.69. The van der Waals surface area contributed by atoms with Gasteiger partial charge >= 0.3 is 12.1 Å². The second kappa shape index (κ2) is 10.1. The Morgan fingerprint density at radius 3 is 2.22 bits per heavy atom. The highest BCUT2D eigenvalue weighted by atomic mass is 19.4.